The van der Waals surface area contributed by atoms with Crippen LogP contribution < -0.4 is 0 Å². The molecule has 3 heteroatoms. The van der Waals surface area contributed by atoms with E-state index in [0.29, 0.717) is 11.1 Å². The van der Waals surface area contributed by atoms with Gasteiger partial charge in [-0.2, -0.15) is 5.26 Å². The molecule has 0 spiro atoms. The molecule has 0 saturated heterocycles. The van der Waals surface area contributed by atoms with Gasteiger partial charge in [0.05, 0.1) is 11.6 Å². The average molecular weight is 246 g/mol. The van der Waals surface area contributed by atoms with Gasteiger partial charge in [-0.15, -0.1) is 0 Å². The fourth-order valence-corrected chi connectivity index (χ4v) is 2.21. The number of nitrogens with one attached hydrogen (secondary N) is 1. The summed E-state index contributed by atoms with van der Waals surface area (Å²) in [5.74, 6) is 0. The molecular weight excluding hydrogens is 236 g/mol. The zero-order valence-corrected chi connectivity index (χ0v) is 10.1. The largest absolute Gasteiger partial charge is 0.361 e. The molecule has 1 aromatic heterocycles. The second-order valence-electron chi connectivity index (χ2n) is 4.32. The maximum atomic E-state index is 10.8. The first-order valence-corrected chi connectivity index (χ1v) is 5.88. The zero-order valence-electron chi connectivity index (χ0n) is 10.1. The van der Waals surface area contributed by atoms with Crippen LogP contribution in [0.3, 0.4) is 0 Å². The van der Waals surface area contributed by atoms with Gasteiger partial charge in [0.15, 0.2) is 0 Å². The molecule has 0 aliphatic heterocycles. The highest BCUT2D eigenvalue weighted by Crippen LogP contribution is 2.29. The topological polar surface area (TPSA) is 56.6 Å². The summed E-state index contributed by atoms with van der Waals surface area (Å²) in [6.45, 7) is 0. The SMILES string of the molecule is N#Cc1cccc(-c2c[nH]c3cc(C=O)ccc23)c1. The fourth-order valence-electron chi connectivity index (χ4n) is 2.21. The normalized spacial score (nSPS) is 10.3. The molecule has 0 bridgehead atoms. The van der Waals surface area contributed by atoms with Crippen LogP contribution in [0.5, 0.6) is 0 Å². The van der Waals surface area contributed by atoms with Crippen molar-refractivity contribution in [1.82, 2.24) is 4.98 Å². The Morgan fingerprint density at radius 2 is 2.05 bits per heavy atom. The molecule has 3 nitrogen and oxygen atoms in total. The van der Waals surface area contributed by atoms with Crippen molar-refractivity contribution in [2.75, 3.05) is 0 Å². The highest BCUT2D eigenvalue weighted by molar-refractivity contribution is 5.97. The number of nitrogens with zero attached hydrogens (tertiary/aromatic N) is 1. The van der Waals surface area contributed by atoms with Gasteiger partial charge < -0.3 is 4.98 Å². The summed E-state index contributed by atoms with van der Waals surface area (Å²) >= 11 is 0. The van der Waals surface area contributed by atoms with Crippen molar-refractivity contribution in [3.63, 3.8) is 0 Å². The molecule has 0 radical (unpaired) electrons. The monoisotopic (exact) mass is 246 g/mol. The van der Waals surface area contributed by atoms with E-state index in [1.807, 2.05) is 36.5 Å². The predicted molar refractivity (Wildman–Crippen MR) is 73.8 cm³/mol. The van der Waals surface area contributed by atoms with Crippen LogP contribution in [-0.4, -0.2) is 11.3 Å². The minimum absolute atomic E-state index is 0.636. The van der Waals surface area contributed by atoms with Crippen molar-refractivity contribution in [1.29, 1.82) is 5.26 Å². The van der Waals surface area contributed by atoms with Gasteiger partial charge in [-0.05, 0) is 23.8 Å². The van der Waals surface area contributed by atoms with Crippen molar-refractivity contribution < 1.29 is 4.79 Å². The lowest BCUT2D eigenvalue weighted by Gasteiger charge is -2.00. The maximum absolute atomic E-state index is 10.8. The number of nitriles is 1. The van der Waals surface area contributed by atoms with Gasteiger partial charge in [0.1, 0.15) is 6.29 Å². The van der Waals surface area contributed by atoms with Crippen LogP contribution in [0.1, 0.15) is 15.9 Å². The van der Waals surface area contributed by atoms with E-state index in [4.69, 9.17) is 5.26 Å². The second-order valence-corrected chi connectivity index (χ2v) is 4.32. The van der Waals surface area contributed by atoms with E-state index < -0.39 is 0 Å². The van der Waals surface area contributed by atoms with Gasteiger partial charge in [-0.1, -0.05) is 24.3 Å². The van der Waals surface area contributed by atoms with Gasteiger partial charge in [-0.3, -0.25) is 4.79 Å². The van der Waals surface area contributed by atoms with Crippen molar-refractivity contribution in [2.24, 2.45) is 0 Å². The van der Waals surface area contributed by atoms with E-state index in [0.717, 1.165) is 28.3 Å². The lowest BCUT2D eigenvalue weighted by Crippen LogP contribution is -1.80. The first-order valence-electron chi connectivity index (χ1n) is 5.88. The van der Waals surface area contributed by atoms with Gasteiger partial charge >= 0.3 is 0 Å². The van der Waals surface area contributed by atoms with E-state index in [-0.39, 0.29) is 0 Å². The van der Waals surface area contributed by atoms with E-state index in [1.165, 1.54) is 0 Å². The number of aldehydes is 1. The first kappa shape index (κ1) is 11.2. The number of aromatic nitrogens is 1. The molecule has 19 heavy (non-hydrogen) atoms. The van der Waals surface area contributed by atoms with Crippen LogP contribution in [0.25, 0.3) is 22.0 Å². The number of aromatic amines is 1. The molecule has 2 aromatic carbocycles. The second kappa shape index (κ2) is 4.43. The first-order chi connectivity index (χ1) is 9.31. The predicted octanol–water partition coefficient (Wildman–Crippen LogP) is 3.52. The number of hydrogen-bond acceptors (Lipinski definition) is 2. The van der Waals surface area contributed by atoms with Crippen LogP contribution in [0.15, 0.2) is 48.7 Å². The molecule has 0 unspecified atom stereocenters. The van der Waals surface area contributed by atoms with Crippen molar-refractivity contribution in [3.05, 3.63) is 59.8 Å². The Labute approximate surface area is 110 Å². The molecule has 1 N–H and O–H groups in total. The highest BCUT2D eigenvalue weighted by Gasteiger charge is 2.07. The van der Waals surface area contributed by atoms with Crippen LogP contribution >= 0.6 is 0 Å². The van der Waals surface area contributed by atoms with Gasteiger partial charge in [-0.25, -0.2) is 0 Å². The van der Waals surface area contributed by atoms with Crippen molar-refractivity contribution in [2.45, 2.75) is 0 Å². The Morgan fingerprint density at radius 1 is 1.16 bits per heavy atom. The minimum Gasteiger partial charge on any atom is -0.361 e. The molecule has 3 rings (SSSR count). The fraction of sp³-hybridized carbons (Fsp3) is 0. The molecule has 0 aliphatic rings. The van der Waals surface area contributed by atoms with Crippen molar-refractivity contribution >= 4 is 17.2 Å². The van der Waals surface area contributed by atoms with E-state index >= 15 is 0 Å². The number of H-pyrrole nitrogens is 1. The number of carbonyl (C=O) groups is 1. The molecule has 0 fully saturated rings. The van der Waals surface area contributed by atoms with Crippen LogP contribution in [0.2, 0.25) is 0 Å². The molecular formula is C16H10N2O. The number of carbonyl (C=O) groups excluding carboxylic acids is 1. The molecule has 0 amide bonds. The smallest absolute Gasteiger partial charge is 0.150 e. The van der Waals surface area contributed by atoms with Gasteiger partial charge in [0.25, 0.3) is 0 Å². The summed E-state index contributed by atoms with van der Waals surface area (Å²) in [5, 5.41) is 9.99. The summed E-state index contributed by atoms with van der Waals surface area (Å²) in [5.41, 5.74) is 4.22. The molecule has 0 aliphatic carbocycles. The minimum atomic E-state index is 0.636. The third-order valence-corrected chi connectivity index (χ3v) is 3.14. The lowest BCUT2D eigenvalue weighted by atomic mass is 10.0. The molecule has 90 valence electrons. The summed E-state index contributed by atoms with van der Waals surface area (Å²) in [6.07, 6.45) is 2.73. The van der Waals surface area contributed by atoms with Crippen LogP contribution in [0.4, 0.5) is 0 Å². The Kier molecular flexibility index (Phi) is 2.62. The van der Waals surface area contributed by atoms with Crippen LogP contribution in [-0.2, 0) is 0 Å². The summed E-state index contributed by atoms with van der Waals surface area (Å²) < 4.78 is 0. The molecule has 3 aromatic rings. The number of benzene rings is 2. The maximum Gasteiger partial charge on any atom is 0.150 e. The third-order valence-electron chi connectivity index (χ3n) is 3.14. The Balaban J connectivity index is 2.20. The van der Waals surface area contributed by atoms with E-state index in [2.05, 4.69) is 11.1 Å². The standard InChI is InChI=1S/C16H10N2O/c17-8-11-2-1-3-13(6-11)15-9-18-16-7-12(10-19)4-5-14(15)16/h1-7,9-10,18H. The van der Waals surface area contributed by atoms with Crippen LogP contribution in [0, 0.1) is 11.3 Å². The molecule has 0 saturated carbocycles. The Morgan fingerprint density at radius 3 is 2.84 bits per heavy atom. The van der Waals surface area contributed by atoms with Gasteiger partial charge in [0.2, 0.25) is 0 Å². The van der Waals surface area contributed by atoms with Gasteiger partial charge in [0, 0.05) is 28.2 Å². The summed E-state index contributed by atoms with van der Waals surface area (Å²) in [4.78, 5) is 13.9. The van der Waals surface area contributed by atoms with Crippen molar-refractivity contribution in [3.8, 4) is 17.2 Å². The highest BCUT2D eigenvalue weighted by atomic mass is 16.1. The Bertz CT molecular complexity index is 809. The number of fused-ring (bicyclic) bond motifs is 1. The zero-order chi connectivity index (χ0) is 13.2. The third kappa shape index (κ3) is 1.90. The summed E-state index contributed by atoms with van der Waals surface area (Å²) in [7, 11) is 0. The lowest BCUT2D eigenvalue weighted by molar-refractivity contribution is 0.112. The van der Waals surface area contributed by atoms with E-state index in [1.54, 1.807) is 12.1 Å². The number of rotatable bonds is 2. The van der Waals surface area contributed by atoms with E-state index in [9.17, 15) is 4.79 Å². The average Bonchev–Trinajstić information content (AvgIpc) is 2.90. The number of hydrogen-bond donors (Lipinski definition) is 1. The summed E-state index contributed by atoms with van der Waals surface area (Å²) in [6, 6.07) is 15.1. The Hall–Kier alpha value is -2.86. The molecule has 1 heterocycles. The quantitative estimate of drug-likeness (QED) is 0.703. The molecule has 0 atom stereocenters.